The molecule has 2 aromatic rings. The van der Waals surface area contributed by atoms with Gasteiger partial charge in [-0.15, -0.1) is 10.2 Å². The van der Waals surface area contributed by atoms with Gasteiger partial charge in [0.25, 0.3) is 5.69 Å². The Bertz CT molecular complexity index is 807. The zero-order valence-electron chi connectivity index (χ0n) is 13.6. The first-order valence-corrected chi connectivity index (χ1v) is 9.93. The van der Waals surface area contributed by atoms with Crippen molar-refractivity contribution in [3.8, 4) is 0 Å². The van der Waals surface area contributed by atoms with Crippen LogP contribution >= 0.6 is 34.9 Å². The minimum atomic E-state index is -0.508. The molecule has 1 aromatic carbocycles. The number of nitro benzene ring substituents is 1. The van der Waals surface area contributed by atoms with Crippen LogP contribution in [-0.4, -0.2) is 32.5 Å². The number of hydrogen-bond acceptors (Lipinski definition) is 8. The molecule has 1 amide bonds. The summed E-state index contributed by atoms with van der Waals surface area (Å²) in [4.78, 5) is 22.7. The van der Waals surface area contributed by atoms with Gasteiger partial charge in [0.05, 0.1) is 10.7 Å². The predicted octanol–water partition coefficient (Wildman–Crippen LogP) is 4.15. The summed E-state index contributed by atoms with van der Waals surface area (Å²) in [6.45, 7) is 7.49. The van der Waals surface area contributed by atoms with E-state index in [0.717, 1.165) is 15.7 Å². The fraction of sp³-hybridized carbons (Fsp3) is 0.267. The normalized spacial score (nSPS) is 10.5. The van der Waals surface area contributed by atoms with Gasteiger partial charge in [-0.1, -0.05) is 59.1 Å². The van der Waals surface area contributed by atoms with Gasteiger partial charge in [-0.25, -0.2) is 0 Å². The van der Waals surface area contributed by atoms with Crippen LogP contribution in [0.4, 0.5) is 11.4 Å². The summed E-state index contributed by atoms with van der Waals surface area (Å²) in [5.74, 6) is 0.552. The monoisotopic (exact) mass is 396 g/mol. The van der Waals surface area contributed by atoms with Crippen molar-refractivity contribution in [3.05, 3.63) is 46.0 Å². The molecule has 1 heterocycles. The minimum absolute atomic E-state index is 0.102. The molecule has 0 aliphatic rings. The fourth-order valence-electron chi connectivity index (χ4n) is 1.77. The summed E-state index contributed by atoms with van der Waals surface area (Å²) in [6.07, 6.45) is 0. The van der Waals surface area contributed by atoms with Crippen molar-refractivity contribution in [1.29, 1.82) is 0 Å². The van der Waals surface area contributed by atoms with Crippen molar-refractivity contribution in [3.63, 3.8) is 0 Å². The number of para-hydroxylation sites is 1. The second kappa shape index (κ2) is 8.97. The second-order valence-electron chi connectivity index (χ2n) is 5.14. The van der Waals surface area contributed by atoms with Gasteiger partial charge in [0.2, 0.25) is 5.91 Å². The average Bonchev–Trinajstić information content (AvgIpc) is 3.00. The van der Waals surface area contributed by atoms with E-state index in [-0.39, 0.29) is 23.0 Å². The molecule has 0 saturated heterocycles. The van der Waals surface area contributed by atoms with Gasteiger partial charge >= 0.3 is 0 Å². The fourth-order valence-corrected chi connectivity index (χ4v) is 4.43. The third-order valence-corrected chi connectivity index (χ3v) is 6.29. The van der Waals surface area contributed by atoms with Crippen LogP contribution in [0.25, 0.3) is 0 Å². The lowest BCUT2D eigenvalue weighted by Crippen LogP contribution is -2.16. The van der Waals surface area contributed by atoms with Gasteiger partial charge in [-0.2, -0.15) is 0 Å². The maximum atomic E-state index is 12.1. The SMILES string of the molecule is C=C(C)CSc1nnc(SCC(=O)Nc2c(C)cccc2[N+](=O)[O-])s1. The smallest absolute Gasteiger partial charge is 0.293 e. The van der Waals surface area contributed by atoms with Crippen LogP contribution in [0.2, 0.25) is 0 Å². The molecule has 0 atom stereocenters. The number of benzene rings is 1. The van der Waals surface area contributed by atoms with Crippen LogP contribution in [0.3, 0.4) is 0 Å². The van der Waals surface area contributed by atoms with Crippen molar-refractivity contribution in [1.82, 2.24) is 10.2 Å². The van der Waals surface area contributed by atoms with Gasteiger partial charge in [0.1, 0.15) is 5.69 Å². The summed E-state index contributed by atoms with van der Waals surface area (Å²) in [6, 6.07) is 4.67. The van der Waals surface area contributed by atoms with E-state index in [9.17, 15) is 14.9 Å². The van der Waals surface area contributed by atoms with Gasteiger partial charge in [-0.3, -0.25) is 14.9 Å². The third-order valence-electron chi connectivity index (χ3n) is 2.87. The number of nitro groups is 1. The number of carbonyl (C=O) groups excluding carboxylic acids is 1. The summed E-state index contributed by atoms with van der Waals surface area (Å²) in [7, 11) is 0. The molecule has 25 heavy (non-hydrogen) atoms. The van der Waals surface area contributed by atoms with Gasteiger partial charge in [0, 0.05) is 11.8 Å². The molecule has 0 radical (unpaired) electrons. The molecule has 0 aliphatic heterocycles. The maximum Gasteiger partial charge on any atom is 0.293 e. The number of nitrogens with zero attached hydrogens (tertiary/aromatic N) is 3. The summed E-state index contributed by atoms with van der Waals surface area (Å²) < 4.78 is 1.50. The highest BCUT2D eigenvalue weighted by Crippen LogP contribution is 2.31. The lowest BCUT2D eigenvalue weighted by Gasteiger charge is -2.08. The van der Waals surface area contributed by atoms with E-state index in [4.69, 9.17) is 0 Å². The van der Waals surface area contributed by atoms with Crippen LogP contribution in [0, 0.1) is 17.0 Å². The number of carbonyl (C=O) groups is 1. The first kappa shape index (κ1) is 19.4. The summed E-state index contributed by atoms with van der Waals surface area (Å²) in [5, 5.41) is 21.8. The number of aryl methyl sites for hydroxylation is 1. The Hall–Kier alpha value is -1.91. The lowest BCUT2D eigenvalue weighted by molar-refractivity contribution is -0.384. The van der Waals surface area contributed by atoms with E-state index in [2.05, 4.69) is 22.1 Å². The zero-order valence-corrected chi connectivity index (χ0v) is 16.1. The molecule has 0 fully saturated rings. The second-order valence-corrected chi connectivity index (χ2v) is 8.57. The third kappa shape index (κ3) is 5.83. The molecule has 0 aliphatic carbocycles. The van der Waals surface area contributed by atoms with Crippen molar-refractivity contribution in [2.75, 3.05) is 16.8 Å². The highest BCUT2D eigenvalue weighted by molar-refractivity contribution is 8.03. The number of rotatable bonds is 8. The van der Waals surface area contributed by atoms with Crippen molar-refractivity contribution < 1.29 is 9.72 Å². The average molecular weight is 397 g/mol. The van der Waals surface area contributed by atoms with Crippen molar-refractivity contribution in [2.24, 2.45) is 0 Å². The molecular formula is C15H16N4O3S3. The standard InChI is InChI=1S/C15H16N4O3S3/c1-9(2)7-23-14-17-18-15(25-14)24-8-12(20)16-13-10(3)5-4-6-11(13)19(21)22/h4-6H,1,7-8H2,2-3H3,(H,16,20). The molecule has 0 bridgehead atoms. The molecule has 10 heteroatoms. The molecular weight excluding hydrogens is 380 g/mol. The van der Waals surface area contributed by atoms with E-state index in [0.29, 0.717) is 9.90 Å². The molecule has 0 unspecified atom stereocenters. The Morgan fingerprint density at radius 1 is 1.32 bits per heavy atom. The molecule has 7 nitrogen and oxygen atoms in total. The molecule has 2 rings (SSSR count). The van der Waals surface area contributed by atoms with Crippen LogP contribution in [0.15, 0.2) is 39.0 Å². The number of nitrogens with one attached hydrogen (secondary N) is 1. The van der Waals surface area contributed by atoms with Crippen LogP contribution in [-0.2, 0) is 4.79 Å². The maximum absolute atomic E-state index is 12.1. The van der Waals surface area contributed by atoms with E-state index < -0.39 is 4.92 Å². The van der Waals surface area contributed by atoms with E-state index >= 15 is 0 Å². The molecule has 0 saturated carbocycles. The highest BCUT2D eigenvalue weighted by atomic mass is 32.2. The Balaban J connectivity index is 1.94. The minimum Gasteiger partial charge on any atom is -0.319 e. The van der Waals surface area contributed by atoms with Gasteiger partial charge in [-0.05, 0) is 19.4 Å². The number of hydrogen-bond donors (Lipinski definition) is 1. The molecule has 132 valence electrons. The first-order chi connectivity index (χ1) is 11.9. The Labute approximate surface area is 157 Å². The van der Waals surface area contributed by atoms with Crippen LogP contribution in [0.1, 0.15) is 12.5 Å². The van der Waals surface area contributed by atoms with Crippen molar-refractivity contribution >= 4 is 52.1 Å². The largest absolute Gasteiger partial charge is 0.319 e. The zero-order chi connectivity index (χ0) is 18.4. The highest BCUT2D eigenvalue weighted by Gasteiger charge is 2.18. The molecule has 1 N–H and O–H groups in total. The molecule has 0 spiro atoms. The quantitative estimate of drug-likeness (QED) is 0.310. The Morgan fingerprint density at radius 2 is 1.96 bits per heavy atom. The van der Waals surface area contributed by atoms with E-state index in [1.807, 2.05) is 6.92 Å². The Morgan fingerprint density at radius 3 is 2.56 bits per heavy atom. The summed E-state index contributed by atoms with van der Waals surface area (Å²) >= 11 is 4.21. The van der Waals surface area contributed by atoms with E-state index in [1.165, 1.54) is 29.2 Å². The van der Waals surface area contributed by atoms with E-state index in [1.54, 1.807) is 30.8 Å². The number of aromatic nitrogens is 2. The topological polar surface area (TPSA) is 98.0 Å². The summed E-state index contributed by atoms with van der Waals surface area (Å²) in [5.41, 5.74) is 1.80. The number of amides is 1. The number of thioether (sulfide) groups is 2. The Kier molecular flexibility index (Phi) is 6.97. The van der Waals surface area contributed by atoms with Crippen LogP contribution in [0.5, 0.6) is 0 Å². The first-order valence-electron chi connectivity index (χ1n) is 7.14. The predicted molar refractivity (Wildman–Crippen MR) is 103 cm³/mol. The lowest BCUT2D eigenvalue weighted by atomic mass is 10.1. The number of anilines is 1. The van der Waals surface area contributed by atoms with Gasteiger partial charge in [0.15, 0.2) is 8.68 Å². The van der Waals surface area contributed by atoms with Gasteiger partial charge < -0.3 is 5.32 Å². The van der Waals surface area contributed by atoms with Crippen LogP contribution < -0.4 is 5.32 Å². The van der Waals surface area contributed by atoms with Crippen molar-refractivity contribution in [2.45, 2.75) is 22.5 Å². The molecule has 1 aromatic heterocycles.